The van der Waals surface area contributed by atoms with Crippen LogP contribution in [-0.2, 0) is 10.8 Å². The number of anilines is 3. The molecule has 0 fully saturated rings. The first kappa shape index (κ1) is 31.2. The Bertz CT molecular complexity index is 3000. The average Bonchev–Trinajstić information content (AvgIpc) is 3.77. The van der Waals surface area contributed by atoms with Crippen LogP contribution < -0.4 is 4.90 Å². The third kappa shape index (κ3) is 4.28. The van der Waals surface area contributed by atoms with Crippen LogP contribution in [-0.4, -0.2) is 0 Å². The molecule has 2 heteroatoms. The Kier molecular flexibility index (Phi) is 6.39. The van der Waals surface area contributed by atoms with E-state index >= 15 is 0 Å². The molecule has 2 nitrogen and oxygen atoms in total. The minimum Gasteiger partial charge on any atom is -0.454 e. The predicted octanol–water partition coefficient (Wildman–Crippen LogP) is 14.5. The minimum absolute atomic E-state index is 0.0974. The van der Waals surface area contributed by atoms with Crippen molar-refractivity contribution in [1.29, 1.82) is 0 Å². The van der Waals surface area contributed by atoms with Crippen LogP contribution in [0.5, 0.6) is 0 Å². The molecule has 0 N–H and O–H groups in total. The van der Waals surface area contributed by atoms with Crippen molar-refractivity contribution in [3.05, 3.63) is 186 Å². The monoisotopic (exact) mass is 693 g/mol. The van der Waals surface area contributed by atoms with Crippen molar-refractivity contribution < 1.29 is 4.42 Å². The van der Waals surface area contributed by atoms with Gasteiger partial charge in [0.2, 0.25) is 0 Å². The number of rotatable bonds is 4. The van der Waals surface area contributed by atoms with Crippen molar-refractivity contribution in [1.82, 2.24) is 0 Å². The highest BCUT2D eigenvalue weighted by Gasteiger charge is 2.42. The number of para-hydroxylation sites is 3. The third-order valence-corrected chi connectivity index (χ3v) is 12.4. The molecule has 9 aromatic rings. The molecule has 8 aromatic carbocycles. The van der Waals surface area contributed by atoms with Gasteiger partial charge in [-0.25, -0.2) is 0 Å². The maximum atomic E-state index is 6.72. The lowest BCUT2D eigenvalue weighted by molar-refractivity contribution is 0.652. The summed E-state index contributed by atoms with van der Waals surface area (Å²) in [5.41, 5.74) is 18.0. The van der Waals surface area contributed by atoms with Gasteiger partial charge >= 0.3 is 0 Å². The molecule has 0 saturated heterocycles. The lowest BCUT2D eigenvalue weighted by Crippen LogP contribution is -2.18. The molecule has 0 aliphatic heterocycles. The van der Waals surface area contributed by atoms with Crippen LogP contribution in [0.3, 0.4) is 0 Å². The second-order valence-electron chi connectivity index (χ2n) is 16.1. The second kappa shape index (κ2) is 11.1. The van der Waals surface area contributed by atoms with E-state index in [1.165, 1.54) is 66.4 Å². The summed E-state index contributed by atoms with van der Waals surface area (Å²) >= 11 is 0. The van der Waals surface area contributed by atoms with Gasteiger partial charge in [0.1, 0.15) is 5.58 Å². The van der Waals surface area contributed by atoms with E-state index in [1.54, 1.807) is 0 Å². The SMILES string of the molecule is CC1(C)c2cc(N(c3ccccc3-c3ccccc3)c3cccc4c3oc3ccccc34)ccc2-c2cc3c(cc21)-c1cc2ccccc2cc1C3(C)C. The van der Waals surface area contributed by atoms with Gasteiger partial charge in [0.25, 0.3) is 0 Å². The molecule has 0 amide bonds. The second-order valence-corrected chi connectivity index (χ2v) is 16.1. The average molecular weight is 694 g/mol. The molecule has 0 bridgehead atoms. The van der Waals surface area contributed by atoms with Gasteiger partial charge in [0.05, 0.1) is 11.4 Å². The quantitative estimate of drug-likeness (QED) is 0.182. The van der Waals surface area contributed by atoms with Gasteiger partial charge < -0.3 is 9.32 Å². The summed E-state index contributed by atoms with van der Waals surface area (Å²) < 4.78 is 6.72. The highest BCUT2D eigenvalue weighted by Crippen LogP contribution is 2.57. The zero-order valence-corrected chi connectivity index (χ0v) is 30.9. The number of nitrogens with zero attached hydrogens (tertiary/aromatic N) is 1. The van der Waals surface area contributed by atoms with Crippen molar-refractivity contribution >= 4 is 49.8 Å². The van der Waals surface area contributed by atoms with Gasteiger partial charge in [-0.3, -0.25) is 0 Å². The Labute approximate surface area is 315 Å². The molecule has 0 atom stereocenters. The van der Waals surface area contributed by atoms with Crippen LogP contribution in [0.1, 0.15) is 49.9 Å². The van der Waals surface area contributed by atoms with Crippen LogP contribution in [0, 0.1) is 0 Å². The lowest BCUT2D eigenvalue weighted by Gasteiger charge is -2.29. The number of fused-ring (bicyclic) bond motifs is 10. The van der Waals surface area contributed by atoms with Gasteiger partial charge in [-0.15, -0.1) is 0 Å². The van der Waals surface area contributed by atoms with E-state index in [1.807, 2.05) is 6.07 Å². The summed E-state index contributed by atoms with van der Waals surface area (Å²) in [6.45, 7) is 9.59. The predicted molar refractivity (Wildman–Crippen MR) is 226 cm³/mol. The highest BCUT2D eigenvalue weighted by atomic mass is 16.3. The standard InChI is InChI=1S/C52H39NO/c1-51(2)43-28-34-18-9-8-17-33(34)27-40(43)42-31-45-41(30-46(42)51)37-26-25-35(29-44(37)52(45,3)4)53(47-22-12-10-19-36(47)32-15-6-5-7-16-32)48-23-14-21-39-38-20-11-13-24-49(38)54-50(39)48/h5-31H,1-4H3. The summed E-state index contributed by atoms with van der Waals surface area (Å²) in [6.07, 6.45) is 0. The van der Waals surface area contributed by atoms with E-state index in [-0.39, 0.29) is 10.8 Å². The van der Waals surface area contributed by atoms with Crippen LogP contribution in [0.2, 0.25) is 0 Å². The maximum absolute atomic E-state index is 6.72. The molecule has 0 radical (unpaired) electrons. The van der Waals surface area contributed by atoms with E-state index < -0.39 is 0 Å². The van der Waals surface area contributed by atoms with Crippen molar-refractivity contribution in [3.63, 3.8) is 0 Å². The van der Waals surface area contributed by atoms with Crippen LogP contribution in [0.4, 0.5) is 17.1 Å². The molecule has 11 rings (SSSR count). The molecular formula is C52H39NO. The summed E-state index contributed by atoms with van der Waals surface area (Å²) in [5, 5.41) is 4.84. The Morgan fingerprint density at radius 2 is 0.981 bits per heavy atom. The van der Waals surface area contributed by atoms with Crippen molar-refractivity contribution in [3.8, 4) is 33.4 Å². The summed E-state index contributed by atoms with van der Waals surface area (Å²) in [4.78, 5) is 2.41. The number of hydrogen-bond acceptors (Lipinski definition) is 2. The first-order chi connectivity index (χ1) is 26.3. The van der Waals surface area contributed by atoms with Gasteiger partial charge in [0, 0.05) is 32.9 Å². The first-order valence-corrected chi connectivity index (χ1v) is 19.0. The fourth-order valence-corrected chi connectivity index (χ4v) is 9.62. The Balaban J connectivity index is 1.12. The van der Waals surface area contributed by atoms with E-state index in [2.05, 4.69) is 190 Å². The molecule has 0 saturated carbocycles. The Morgan fingerprint density at radius 1 is 0.407 bits per heavy atom. The number of hydrogen-bond donors (Lipinski definition) is 0. The van der Waals surface area contributed by atoms with Crippen molar-refractivity contribution in [2.45, 2.75) is 38.5 Å². The fourth-order valence-electron chi connectivity index (χ4n) is 9.62. The van der Waals surface area contributed by atoms with Crippen LogP contribution >= 0.6 is 0 Å². The van der Waals surface area contributed by atoms with E-state index in [0.717, 1.165) is 39.0 Å². The molecule has 2 aliphatic rings. The normalized spacial score (nSPS) is 14.6. The largest absolute Gasteiger partial charge is 0.454 e. The Morgan fingerprint density at radius 3 is 1.78 bits per heavy atom. The van der Waals surface area contributed by atoms with Crippen LogP contribution in [0.15, 0.2) is 168 Å². The number of furan rings is 1. The van der Waals surface area contributed by atoms with Gasteiger partial charge in [-0.1, -0.05) is 137 Å². The molecular weight excluding hydrogens is 655 g/mol. The van der Waals surface area contributed by atoms with Gasteiger partial charge in [-0.05, 0) is 115 Å². The van der Waals surface area contributed by atoms with Gasteiger partial charge in [0.15, 0.2) is 5.58 Å². The highest BCUT2D eigenvalue weighted by molar-refractivity contribution is 6.11. The molecule has 1 aromatic heterocycles. The molecule has 258 valence electrons. The first-order valence-electron chi connectivity index (χ1n) is 19.0. The zero-order valence-electron chi connectivity index (χ0n) is 30.9. The molecule has 54 heavy (non-hydrogen) atoms. The van der Waals surface area contributed by atoms with Gasteiger partial charge in [-0.2, -0.15) is 0 Å². The maximum Gasteiger partial charge on any atom is 0.159 e. The fraction of sp³-hybridized carbons (Fsp3) is 0.115. The van der Waals surface area contributed by atoms with Crippen molar-refractivity contribution in [2.75, 3.05) is 4.90 Å². The number of benzene rings is 8. The summed E-state index contributed by atoms with van der Waals surface area (Å²) in [5.74, 6) is 0. The Hall–Kier alpha value is -6.38. The minimum atomic E-state index is -0.213. The topological polar surface area (TPSA) is 16.4 Å². The molecule has 0 spiro atoms. The van der Waals surface area contributed by atoms with Crippen molar-refractivity contribution in [2.24, 2.45) is 0 Å². The van der Waals surface area contributed by atoms with E-state index in [4.69, 9.17) is 4.42 Å². The zero-order chi connectivity index (χ0) is 36.3. The van der Waals surface area contributed by atoms with E-state index in [9.17, 15) is 0 Å². The third-order valence-electron chi connectivity index (χ3n) is 12.4. The molecule has 1 heterocycles. The molecule has 0 unspecified atom stereocenters. The lowest BCUT2D eigenvalue weighted by atomic mass is 9.79. The molecule has 2 aliphatic carbocycles. The van der Waals surface area contributed by atoms with Crippen LogP contribution in [0.25, 0.3) is 66.1 Å². The summed E-state index contributed by atoms with van der Waals surface area (Å²) in [6, 6.07) is 60.1. The van der Waals surface area contributed by atoms with E-state index in [0.29, 0.717) is 0 Å². The smallest absolute Gasteiger partial charge is 0.159 e. The summed E-state index contributed by atoms with van der Waals surface area (Å²) in [7, 11) is 0.